The third kappa shape index (κ3) is 2.01. The smallest absolute Gasteiger partial charge is 0.293 e. The number of nitrogens with zero attached hydrogens (tertiary/aromatic N) is 4. The molecule has 0 unspecified atom stereocenters. The first-order chi connectivity index (χ1) is 8.84. The van der Waals surface area contributed by atoms with Crippen LogP contribution in [0.2, 0.25) is 0 Å². The summed E-state index contributed by atoms with van der Waals surface area (Å²) in [6.07, 6.45) is 5.44. The molecule has 3 N–H and O–H groups in total. The topological polar surface area (TPSA) is 74.7 Å². The zero-order chi connectivity index (χ0) is 12.4. The monoisotopic (exact) mass is 245 g/mol. The van der Waals surface area contributed by atoms with Crippen molar-refractivity contribution in [1.82, 2.24) is 15.5 Å². The van der Waals surface area contributed by atoms with Gasteiger partial charge in [-0.15, -0.1) is 4.68 Å². The predicted molar refractivity (Wildman–Crippen MR) is 68.4 cm³/mol. The number of hydrogen-bond donors (Lipinski definition) is 2. The molecule has 2 heterocycles. The zero-order valence-electron chi connectivity index (χ0n) is 10.2. The summed E-state index contributed by atoms with van der Waals surface area (Å²) in [5.74, 6) is 0. The first-order valence-corrected chi connectivity index (χ1v) is 6.27. The Morgan fingerprint density at radius 1 is 1.22 bits per heavy atom. The number of aromatic nitrogens is 4. The van der Waals surface area contributed by atoms with Gasteiger partial charge in [-0.25, -0.2) is 0 Å². The predicted octanol–water partition coefficient (Wildman–Crippen LogP) is 0.654. The molecule has 2 aromatic rings. The average Bonchev–Trinajstić information content (AvgIpc) is 2.93. The summed E-state index contributed by atoms with van der Waals surface area (Å²) in [7, 11) is 0. The van der Waals surface area contributed by atoms with E-state index in [0.717, 1.165) is 30.2 Å². The van der Waals surface area contributed by atoms with Crippen molar-refractivity contribution in [2.45, 2.75) is 19.3 Å². The summed E-state index contributed by atoms with van der Waals surface area (Å²) in [5, 5.41) is 10.2. The molecule has 0 bridgehead atoms. The molecule has 94 valence electrons. The van der Waals surface area contributed by atoms with E-state index in [9.17, 15) is 0 Å². The van der Waals surface area contributed by atoms with Crippen LogP contribution in [0.25, 0.3) is 5.69 Å². The number of H-pyrrole nitrogens is 1. The molecule has 1 fully saturated rings. The van der Waals surface area contributed by atoms with Gasteiger partial charge < -0.3 is 10.6 Å². The zero-order valence-corrected chi connectivity index (χ0v) is 10.2. The fourth-order valence-corrected chi connectivity index (χ4v) is 2.42. The van der Waals surface area contributed by atoms with Gasteiger partial charge in [0.2, 0.25) is 0 Å². The van der Waals surface area contributed by atoms with Crippen LogP contribution in [0.4, 0.5) is 11.4 Å². The van der Waals surface area contributed by atoms with E-state index in [1.165, 1.54) is 19.3 Å². The van der Waals surface area contributed by atoms with Crippen LogP contribution in [0.3, 0.4) is 0 Å². The van der Waals surface area contributed by atoms with Crippen LogP contribution < -0.4 is 15.3 Å². The second kappa shape index (κ2) is 4.64. The Morgan fingerprint density at radius 2 is 2.06 bits per heavy atom. The van der Waals surface area contributed by atoms with Crippen LogP contribution in [0.1, 0.15) is 19.3 Å². The van der Waals surface area contributed by atoms with E-state index in [1.54, 1.807) is 11.0 Å². The number of nitrogens with two attached hydrogens (primary N) is 1. The lowest BCUT2D eigenvalue weighted by Crippen LogP contribution is -2.33. The fourth-order valence-electron chi connectivity index (χ4n) is 2.42. The summed E-state index contributed by atoms with van der Waals surface area (Å²) in [6.45, 7) is 2.20. The van der Waals surface area contributed by atoms with Crippen molar-refractivity contribution in [3.8, 4) is 5.69 Å². The van der Waals surface area contributed by atoms with Crippen LogP contribution in [-0.2, 0) is 0 Å². The van der Waals surface area contributed by atoms with Crippen LogP contribution >= 0.6 is 0 Å². The van der Waals surface area contributed by atoms with Crippen molar-refractivity contribution >= 4 is 11.4 Å². The highest BCUT2D eigenvalue weighted by molar-refractivity contribution is 5.69. The van der Waals surface area contributed by atoms with Crippen molar-refractivity contribution in [3.05, 3.63) is 24.5 Å². The number of nitrogen functional groups attached to an aromatic ring is 1. The van der Waals surface area contributed by atoms with E-state index in [-0.39, 0.29) is 0 Å². The first-order valence-electron chi connectivity index (χ1n) is 6.27. The number of piperidine rings is 1. The highest BCUT2D eigenvalue weighted by Crippen LogP contribution is 2.26. The number of rotatable bonds is 2. The minimum absolute atomic E-state index is 0.802. The lowest BCUT2D eigenvalue weighted by Gasteiger charge is -2.29. The van der Waals surface area contributed by atoms with Gasteiger partial charge in [0.15, 0.2) is 5.21 Å². The van der Waals surface area contributed by atoms with Gasteiger partial charge in [0.1, 0.15) is 10.8 Å². The molecule has 0 radical (unpaired) electrons. The Kier molecular flexibility index (Phi) is 2.84. The molecular formula is C12H17N6+. The van der Waals surface area contributed by atoms with Crippen LogP contribution in [0, 0.1) is 0 Å². The van der Waals surface area contributed by atoms with Crippen LogP contribution in [-0.4, -0.2) is 28.6 Å². The van der Waals surface area contributed by atoms with Gasteiger partial charge in [0, 0.05) is 19.2 Å². The van der Waals surface area contributed by atoms with Crippen LogP contribution in [0.5, 0.6) is 0 Å². The minimum Gasteiger partial charge on any atom is -0.397 e. The van der Waals surface area contributed by atoms with Gasteiger partial charge >= 0.3 is 0 Å². The largest absolute Gasteiger partial charge is 0.397 e. The molecule has 18 heavy (non-hydrogen) atoms. The molecule has 1 aromatic heterocycles. The molecule has 0 spiro atoms. The molecule has 1 saturated heterocycles. The Balaban J connectivity index is 1.89. The second-order valence-electron chi connectivity index (χ2n) is 4.59. The van der Waals surface area contributed by atoms with Gasteiger partial charge in [0.25, 0.3) is 6.33 Å². The average molecular weight is 245 g/mol. The van der Waals surface area contributed by atoms with Gasteiger partial charge in [0.05, 0.1) is 11.4 Å². The van der Waals surface area contributed by atoms with E-state index >= 15 is 0 Å². The molecule has 1 aliphatic rings. The van der Waals surface area contributed by atoms with Gasteiger partial charge in [-0.1, -0.05) is 5.21 Å². The van der Waals surface area contributed by atoms with Crippen molar-refractivity contribution in [2.75, 3.05) is 23.7 Å². The standard InChI is InChI=1S/C12H16N6/c13-11-8-10(18-9-14-15-16-18)4-5-12(11)17-6-2-1-3-7-17/h4-5,8-9H,1-3,6-7,13H2/p+1. The third-order valence-electron chi connectivity index (χ3n) is 3.36. The fraction of sp³-hybridized carbons (Fsp3) is 0.417. The van der Waals surface area contributed by atoms with E-state index in [1.807, 2.05) is 12.1 Å². The van der Waals surface area contributed by atoms with E-state index in [4.69, 9.17) is 5.73 Å². The number of anilines is 2. The Hall–Kier alpha value is -2.11. The molecule has 6 heteroatoms. The number of tetrazole rings is 1. The minimum atomic E-state index is 0.802. The number of benzene rings is 1. The van der Waals surface area contributed by atoms with Crippen molar-refractivity contribution < 1.29 is 4.68 Å². The highest BCUT2D eigenvalue weighted by atomic mass is 15.5. The molecule has 1 aromatic carbocycles. The molecule has 0 saturated carbocycles. The third-order valence-corrected chi connectivity index (χ3v) is 3.36. The Bertz CT molecular complexity index is 515. The highest BCUT2D eigenvalue weighted by Gasteiger charge is 2.14. The summed E-state index contributed by atoms with van der Waals surface area (Å²) >= 11 is 0. The Labute approximate surface area is 105 Å². The second-order valence-corrected chi connectivity index (χ2v) is 4.59. The van der Waals surface area contributed by atoms with E-state index < -0.39 is 0 Å². The van der Waals surface area contributed by atoms with Gasteiger partial charge in [-0.2, -0.15) is 0 Å². The number of aromatic amines is 1. The molecule has 0 amide bonds. The van der Waals surface area contributed by atoms with E-state index in [2.05, 4.69) is 26.5 Å². The van der Waals surface area contributed by atoms with Crippen molar-refractivity contribution in [2.24, 2.45) is 0 Å². The van der Waals surface area contributed by atoms with Gasteiger partial charge in [-0.3, -0.25) is 0 Å². The van der Waals surface area contributed by atoms with Gasteiger partial charge in [-0.05, 0) is 31.4 Å². The first kappa shape index (κ1) is 11.0. The maximum Gasteiger partial charge on any atom is 0.293 e. The summed E-state index contributed by atoms with van der Waals surface area (Å²) in [5.41, 5.74) is 9.02. The number of nitrogens with one attached hydrogen (secondary N) is 1. The SMILES string of the molecule is Nc1cc(-[n+]2cnn[nH]2)ccc1N1CCCCC1. The lowest BCUT2D eigenvalue weighted by molar-refractivity contribution is -0.660. The van der Waals surface area contributed by atoms with Crippen LogP contribution in [0.15, 0.2) is 24.5 Å². The lowest BCUT2D eigenvalue weighted by atomic mass is 10.1. The number of hydrogen-bond acceptors (Lipinski definition) is 4. The Morgan fingerprint density at radius 3 is 2.72 bits per heavy atom. The maximum absolute atomic E-state index is 6.15. The molecular weight excluding hydrogens is 228 g/mol. The normalized spacial score (nSPS) is 15.9. The molecule has 0 atom stereocenters. The summed E-state index contributed by atoms with van der Waals surface area (Å²) < 4.78 is 1.73. The molecule has 1 aliphatic heterocycles. The molecule has 6 nitrogen and oxygen atoms in total. The molecule has 3 rings (SSSR count). The summed E-state index contributed by atoms with van der Waals surface area (Å²) in [4.78, 5) is 2.36. The maximum atomic E-state index is 6.15. The quantitative estimate of drug-likeness (QED) is 0.602. The molecule has 0 aliphatic carbocycles. The van der Waals surface area contributed by atoms with Crippen molar-refractivity contribution in [3.63, 3.8) is 0 Å². The van der Waals surface area contributed by atoms with E-state index in [0.29, 0.717) is 0 Å². The van der Waals surface area contributed by atoms with Crippen molar-refractivity contribution in [1.29, 1.82) is 0 Å². The summed E-state index contributed by atoms with van der Waals surface area (Å²) in [6, 6.07) is 6.05.